The van der Waals surface area contributed by atoms with Crippen LogP contribution in [0.4, 0.5) is 14.9 Å². The fraction of sp³-hybridized carbons (Fsp3) is 0.467. The lowest BCUT2D eigenvalue weighted by Crippen LogP contribution is -2.46. The number of hydrogen-bond donors (Lipinski definition) is 2. The van der Waals surface area contributed by atoms with Gasteiger partial charge in [-0.05, 0) is 50.5 Å². The number of nitrogens with one attached hydrogen (secondary N) is 1. The van der Waals surface area contributed by atoms with Gasteiger partial charge < -0.3 is 15.3 Å². The van der Waals surface area contributed by atoms with E-state index in [1.807, 2.05) is 0 Å². The van der Waals surface area contributed by atoms with Crippen molar-refractivity contribution in [1.82, 2.24) is 4.90 Å². The lowest BCUT2D eigenvalue weighted by atomic mass is 9.80. The number of carbonyl (C=O) groups is 2. The Bertz CT molecular complexity index is 546. The van der Waals surface area contributed by atoms with Crippen molar-refractivity contribution in [3.8, 4) is 0 Å². The standard InChI is InChI=1S/C15H19FN2O3/c1-10-7-11(16)9-12(8-10)17-14(21)18-5-3-15(2,4-6-18)13(19)20/h7-9H,3-6H2,1-2H3,(H,17,21)(H,19,20). The highest BCUT2D eigenvalue weighted by atomic mass is 19.1. The van der Waals surface area contributed by atoms with E-state index in [2.05, 4.69) is 5.32 Å². The third kappa shape index (κ3) is 3.51. The van der Waals surface area contributed by atoms with E-state index in [0.29, 0.717) is 31.6 Å². The van der Waals surface area contributed by atoms with Crippen LogP contribution in [0.1, 0.15) is 25.3 Å². The zero-order valence-corrected chi connectivity index (χ0v) is 12.1. The molecule has 0 atom stereocenters. The first-order valence-electron chi connectivity index (χ1n) is 6.87. The molecule has 2 rings (SSSR count). The molecule has 6 heteroatoms. The van der Waals surface area contributed by atoms with Crippen molar-refractivity contribution in [1.29, 1.82) is 0 Å². The molecular weight excluding hydrogens is 275 g/mol. The number of urea groups is 1. The topological polar surface area (TPSA) is 69.6 Å². The molecule has 1 aromatic rings. The molecular formula is C15H19FN2O3. The van der Waals surface area contributed by atoms with E-state index in [9.17, 15) is 14.0 Å². The Labute approximate surface area is 122 Å². The van der Waals surface area contributed by atoms with Gasteiger partial charge in [0.05, 0.1) is 5.41 Å². The summed E-state index contributed by atoms with van der Waals surface area (Å²) in [4.78, 5) is 24.8. The van der Waals surface area contributed by atoms with Gasteiger partial charge in [-0.3, -0.25) is 4.79 Å². The van der Waals surface area contributed by atoms with E-state index in [0.717, 1.165) is 5.56 Å². The number of aliphatic carboxylic acids is 1. The molecule has 1 aliphatic rings. The summed E-state index contributed by atoms with van der Waals surface area (Å²) in [6.45, 7) is 4.20. The third-order valence-electron chi connectivity index (χ3n) is 3.96. The Morgan fingerprint density at radius 1 is 1.29 bits per heavy atom. The number of piperidine rings is 1. The summed E-state index contributed by atoms with van der Waals surface area (Å²) in [5.74, 6) is -1.23. The van der Waals surface area contributed by atoms with Gasteiger partial charge in [-0.15, -0.1) is 0 Å². The molecule has 1 aromatic carbocycles. The molecule has 1 aliphatic heterocycles. The van der Waals surface area contributed by atoms with E-state index in [4.69, 9.17) is 5.11 Å². The molecule has 0 radical (unpaired) electrons. The van der Waals surface area contributed by atoms with Crippen molar-refractivity contribution in [3.63, 3.8) is 0 Å². The number of halogens is 1. The summed E-state index contributed by atoms with van der Waals surface area (Å²) >= 11 is 0. The molecule has 2 amide bonds. The van der Waals surface area contributed by atoms with Crippen LogP contribution >= 0.6 is 0 Å². The van der Waals surface area contributed by atoms with Crippen LogP contribution in [0.5, 0.6) is 0 Å². The lowest BCUT2D eigenvalue weighted by Gasteiger charge is -2.36. The number of carboxylic acid groups (broad SMARTS) is 1. The quantitative estimate of drug-likeness (QED) is 0.881. The van der Waals surface area contributed by atoms with Crippen LogP contribution in [0.25, 0.3) is 0 Å². The Morgan fingerprint density at radius 2 is 1.90 bits per heavy atom. The van der Waals surface area contributed by atoms with Gasteiger partial charge in [-0.25, -0.2) is 9.18 Å². The average Bonchev–Trinajstić information content (AvgIpc) is 2.37. The molecule has 114 valence electrons. The van der Waals surface area contributed by atoms with Gasteiger partial charge >= 0.3 is 12.0 Å². The Hall–Kier alpha value is -2.11. The van der Waals surface area contributed by atoms with Crippen LogP contribution in [-0.4, -0.2) is 35.1 Å². The second-order valence-electron chi connectivity index (χ2n) is 5.80. The normalized spacial score (nSPS) is 17.4. The van der Waals surface area contributed by atoms with Gasteiger partial charge in [0.25, 0.3) is 0 Å². The SMILES string of the molecule is Cc1cc(F)cc(NC(=O)N2CCC(C)(C(=O)O)CC2)c1. The number of rotatable bonds is 2. The molecule has 0 bridgehead atoms. The monoisotopic (exact) mass is 294 g/mol. The van der Waals surface area contributed by atoms with Crippen molar-refractivity contribution in [2.45, 2.75) is 26.7 Å². The second-order valence-corrected chi connectivity index (χ2v) is 5.80. The first-order valence-corrected chi connectivity index (χ1v) is 6.87. The minimum absolute atomic E-state index is 0.326. The van der Waals surface area contributed by atoms with Gasteiger partial charge in [-0.2, -0.15) is 0 Å². The van der Waals surface area contributed by atoms with E-state index < -0.39 is 17.2 Å². The highest BCUT2D eigenvalue weighted by Gasteiger charge is 2.38. The number of likely N-dealkylation sites (tertiary alicyclic amines) is 1. The van der Waals surface area contributed by atoms with Crippen LogP contribution in [0.2, 0.25) is 0 Å². The fourth-order valence-electron chi connectivity index (χ4n) is 2.43. The van der Waals surface area contributed by atoms with Crippen LogP contribution in [-0.2, 0) is 4.79 Å². The number of carbonyl (C=O) groups excluding carboxylic acids is 1. The molecule has 2 N–H and O–H groups in total. The number of anilines is 1. The molecule has 0 unspecified atom stereocenters. The number of benzene rings is 1. The average molecular weight is 294 g/mol. The predicted octanol–water partition coefficient (Wildman–Crippen LogP) is 2.85. The summed E-state index contributed by atoms with van der Waals surface area (Å²) in [5.41, 5.74) is 0.359. The van der Waals surface area contributed by atoms with Gasteiger partial charge in [0.2, 0.25) is 0 Å². The van der Waals surface area contributed by atoms with Crippen molar-refractivity contribution in [2.75, 3.05) is 18.4 Å². The summed E-state index contributed by atoms with van der Waals surface area (Å²) in [6.07, 6.45) is 0.829. The number of nitrogens with zero attached hydrogens (tertiary/aromatic N) is 1. The summed E-state index contributed by atoms with van der Waals surface area (Å²) in [5, 5.41) is 11.8. The Morgan fingerprint density at radius 3 is 2.43 bits per heavy atom. The molecule has 0 spiro atoms. The molecule has 0 aliphatic carbocycles. The van der Waals surface area contributed by atoms with Crippen LogP contribution in [0, 0.1) is 18.2 Å². The van der Waals surface area contributed by atoms with Crippen molar-refractivity contribution < 1.29 is 19.1 Å². The molecule has 5 nitrogen and oxygen atoms in total. The third-order valence-corrected chi connectivity index (χ3v) is 3.96. The number of hydrogen-bond acceptors (Lipinski definition) is 2. The highest BCUT2D eigenvalue weighted by molar-refractivity contribution is 5.89. The first-order chi connectivity index (χ1) is 9.80. The summed E-state index contributed by atoms with van der Waals surface area (Å²) in [7, 11) is 0. The zero-order valence-electron chi connectivity index (χ0n) is 12.1. The maximum Gasteiger partial charge on any atom is 0.321 e. The van der Waals surface area contributed by atoms with Crippen LogP contribution < -0.4 is 5.32 Å². The number of carboxylic acids is 1. The fourth-order valence-corrected chi connectivity index (χ4v) is 2.43. The predicted molar refractivity (Wildman–Crippen MR) is 76.7 cm³/mol. The number of amides is 2. The van der Waals surface area contributed by atoms with Gasteiger partial charge in [0.1, 0.15) is 5.82 Å². The molecule has 0 saturated carbocycles. The summed E-state index contributed by atoms with van der Waals surface area (Å²) < 4.78 is 13.3. The Balaban J connectivity index is 1.98. The van der Waals surface area contributed by atoms with Crippen LogP contribution in [0.3, 0.4) is 0 Å². The van der Waals surface area contributed by atoms with Crippen molar-refractivity contribution in [3.05, 3.63) is 29.6 Å². The lowest BCUT2D eigenvalue weighted by molar-refractivity contribution is -0.150. The van der Waals surface area contributed by atoms with Gasteiger partial charge in [-0.1, -0.05) is 0 Å². The molecule has 0 aromatic heterocycles. The van der Waals surface area contributed by atoms with Crippen LogP contribution in [0.15, 0.2) is 18.2 Å². The largest absolute Gasteiger partial charge is 0.481 e. The maximum atomic E-state index is 13.3. The van der Waals surface area contributed by atoms with E-state index in [-0.39, 0.29) is 6.03 Å². The Kier molecular flexibility index (Phi) is 4.16. The molecule has 21 heavy (non-hydrogen) atoms. The summed E-state index contributed by atoms with van der Waals surface area (Å²) in [6, 6.07) is 4.00. The zero-order chi connectivity index (χ0) is 15.6. The van der Waals surface area contributed by atoms with Gasteiger partial charge in [0, 0.05) is 18.8 Å². The molecule has 1 saturated heterocycles. The smallest absolute Gasteiger partial charge is 0.321 e. The minimum atomic E-state index is -0.830. The second kappa shape index (κ2) is 5.71. The van der Waals surface area contributed by atoms with Gasteiger partial charge in [0.15, 0.2) is 0 Å². The minimum Gasteiger partial charge on any atom is -0.481 e. The van der Waals surface area contributed by atoms with E-state index >= 15 is 0 Å². The van der Waals surface area contributed by atoms with E-state index in [1.54, 1.807) is 24.8 Å². The number of aryl methyl sites for hydroxylation is 1. The highest BCUT2D eigenvalue weighted by Crippen LogP contribution is 2.31. The van der Waals surface area contributed by atoms with Crippen molar-refractivity contribution >= 4 is 17.7 Å². The van der Waals surface area contributed by atoms with E-state index in [1.165, 1.54) is 12.1 Å². The molecule has 1 heterocycles. The first kappa shape index (κ1) is 15.3. The molecule has 1 fully saturated rings. The van der Waals surface area contributed by atoms with Crippen molar-refractivity contribution in [2.24, 2.45) is 5.41 Å². The maximum absolute atomic E-state index is 13.3.